The lowest BCUT2D eigenvalue weighted by molar-refractivity contribution is -0.385. The first kappa shape index (κ1) is 24.9. The Morgan fingerprint density at radius 2 is 1.93 bits per heavy atom. The van der Waals surface area contributed by atoms with Crippen molar-refractivity contribution in [2.45, 2.75) is 56.7 Å². The van der Waals surface area contributed by atoms with E-state index in [9.17, 15) is 14.9 Å². The van der Waals surface area contributed by atoms with E-state index < -0.39 is 4.92 Å². The minimum absolute atomic E-state index is 0. The second-order valence-corrected chi connectivity index (χ2v) is 7.11. The normalized spacial score (nSPS) is 23.3. The number of likely N-dealkylation sites (tertiary alicyclic amines) is 1. The third-order valence-corrected chi connectivity index (χ3v) is 5.30. The van der Waals surface area contributed by atoms with Crippen molar-refractivity contribution in [2.75, 3.05) is 18.4 Å². The maximum absolute atomic E-state index is 12.3. The van der Waals surface area contributed by atoms with Gasteiger partial charge in [0, 0.05) is 24.7 Å². The van der Waals surface area contributed by atoms with E-state index in [0.717, 1.165) is 38.5 Å². The summed E-state index contributed by atoms with van der Waals surface area (Å²) < 4.78 is 0. The first-order valence-electron chi connectivity index (χ1n) is 9.36. The molecule has 0 aromatic carbocycles. The Morgan fingerprint density at radius 1 is 1.24 bits per heavy atom. The number of nitriles is 1. The highest BCUT2D eigenvalue weighted by atomic mass is 35.5. The van der Waals surface area contributed by atoms with Crippen LogP contribution in [-0.4, -0.2) is 51.9 Å². The van der Waals surface area contributed by atoms with E-state index in [1.165, 1.54) is 12.3 Å². The highest BCUT2D eigenvalue weighted by Gasteiger charge is 2.29. The van der Waals surface area contributed by atoms with Gasteiger partial charge in [0.1, 0.15) is 18.1 Å². The van der Waals surface area contributed by atoms with E-state index in [-0.39, 0.29) is 55.0 Å². The van der Waals surface area contributed by atoms with E-state index in [0.29, 0.717) is 18.4 Å². The molecule has 2 N–H and O–H groups in total. The van der Waals surface area contributed by atoms with Crippen molar-refractivity contribution in [3.63, 3.8) is 0 Å². The zero-order chi connectivity index (χ0) is 19.2. The third-order valence-electron chi connectivity index (χ3n) is 5.30. The zero-order valence-electron chi connectivity index (χ0n) is 16.0. The van der Waals surface area contributed by atoms with Crippen LogP contribution >= 0.6 is 24.8 Å². The number of carbonyl (C=O) groups is 1. The van der Waals surface area contributed by atoms with Gasteiger partial charge in [-0.25, -0.2) is 4.98 Å². The van der Waals surface area contributed by atoms with Crippen molar-refractivity contribution in [3.05, 3.63) is 28.4 Å². The largest absolute Gasteiger partial charge is 0.367 e. The van der Waals surface area contributed by atoms with Crippen molar-refractivity contribution < 1.29 is 9.72 Å². The fourth-order valence-electron chi connectivity index (χ4n) is 3.76. The first-order valence-corrected chi connectivity index (χ1v) is 9.36. The molecule has 1 aromatic heterocycles. The predicted octanol–water partition coefficient (Wildman–Crippen LogP) is 2.66. The molecule has 0 unspecified atom stereocenters. The summed E-state index contributed by atoms with van der Waals surface area (Å²) in [7, 11) is 0. The molecule has 2 aliphatic rings. The van der Waals surface area contributed by atoms with Crippen molar-refractivity contribution in [2.24, 2.45) is 0 Å². The molecule has 0 spiro atoms. The Hall–Kier alpha value is -2.15. The maximum atomic E-state index is 12.3. The molecule has 0 radical (unpaired) electrons. The molecule has 1 aliphatic heterocycles. The minimum Gasteiger partial charge on any atom is -0.367 e. The molecule has 1 atom stereocenters. The van der Waals surface area contributed by atoms with Gasteiger partial charge < -0.3 is 15.5 Å². The number of amides is 1. The first-order chi connectivity index (χ1) is 13.1. The lowest BCUT2D eigenvalue weighted by Crippen LogP contribution is -2.45. The Labute approximate surface area is 182 Å². The van der Waals surface area contributed by atoms with E-state index >= 15 is 0 Å². The van der Waals surface area contributed by atoms with Gasteiger partial charge in [0.2, 0.25) is 5.91 Å². The number of rotatable bonds is 6. The Kier molecular flexibility index (Phi) is 10.1. The van der Waals surface area contributed by atoms with Gasteiger partial charge in [-0.15, -0.1) is 24.8 Å². The van der Waals surface area contributed by atoms with Gasteiger partial charge >= 0.3 is 0 Å². The van der Waals surface area contributed by atoms with Crippen LogP contribution in [0.2, 0.25) is 0 Å². The summed E-state index contributed by atoms with van der Waals surface area (Å²) in [6, 6.07) is 5.56. The van der Waals surface area contributed by atoms with Crippen LogP contribution in [-0.2, 0) is 4.79 Å². The van der Waals surface area contributed by atoms with E-state index in [2.05, 4.69) is 21.7 Å². The molecular weight excluding hydrogens is 419 g/mol. The van der Waals surface area contributed by atoms with Crippen molar-refractivity contribution in [1.82, 2.24) is 15.2 Å². The highest BCUT2D eigenvalue weighted by Crippen LogP contribution is 2.23. The Bertz CT molecular complexity index is 719. The van der Waals surface area contributed by atoms with Gasteiger partial charge in [-0.3, -0.25) is 14.9 Å². The molecule has 0 bridgehead atoms. The van der Waals surface area contributed by atoms with Crippen molar-refractivity contribution >= 4 is 42.2 Å². The maximum Gasteiger partial charge on any atom is 0.287 e. The second-order valence-electron chi connectivity index (χ2n) is 7.11. The van der Waals surface area contributed by atoms with Crippen LogP contribution < -0.4 is 10.6 Å². The molecule has 2 heterocycles. The van der Waals surface area contributed by atoms with E-state index in [4.69, 9.17) is 5.26 Å². The molecule has 11 heteroatoms. The molecular formula is C18H26Cl2N6O3. The number of carbonyl (C=O) groups excluding carboxylic acids is 1. The van der Waals surface area contributed by atoms with Crippen LogP contribution in [0.25, 0.3) is 0 Å². The molecule has 1 saturated carbocycles. The van der Waals surface area contributed by atoms with E-state index in [1.54, 1.807) is 11.0 Å². The molecule has 160 valence electrons. The van der Waals surface area contributed by atoms with Crippen LogP contribution in [0.15, 0.2) is 18.3 Å². The number of anilines is 1. The number of nitro groups is 1. The van der Waals surface area contributed by atoms with Gasteiger partial charge in [-0.2, -0.15) is 5.26 Å². The van der Waals surface area contributed by atoms with Gasteiger partial charge in [0.05, 0.1) is 17.5 Å². The average molecular weight is 445 g/mol. The molecule has 29 heavy (non-hydrogen) atoms. The molecule has 9 nitrogen and oxygen atoms in total. The number of nitrogens with one attached hydrogen (secondary N) is 2. The lowest BCUT2D eigenvalue weighted by Gasteiger charge is -2.30. The van der Waals surface area contributed by atoms with Crippen LogP contribution in [0, 0.1) is 21.4 Å². The second kappa shape index (κ2) is 11.8. The fraction of sp³-hybridized carbons (Fsp3) is 0.611. The molecule has 1 aromatic rings. The number of hydrogen-bond donors (Lipinski definition) is 2. The number of pyridine rings is 1. The smallest absolute Gasteiger partial charge is 0.287 e. The topological polar surface area (TPSA) is 124 Å². The van der Waals surface area contributed by atoms with Gasteiger partial charge in [-0.1, -0.05) is 0 Å². The van der Waals surface area contributed by atoms with Gasteiger partial charge in [-0.05, 0) is 44.6 Å². The van der Waals surface area contributed by atoms with Crippen LogP contribution in [0.1, 0.15) is 38.5 Å². The number of nitrogens with zero attached hydrogens (tertiary/aromatic N) is 4. The number of aromatic nitrogens is 1. The van der Waals surface area contributed by atoms with E-state index in [1.807, 2.05) is 0 Å². The van der Waals surface area contributed by atoms with Crippen LogP contribution in [0.4, 0.5) is 11.5 Å². The molecule has 1 saturated heterocycles. The summed E-state index contributed by atoms with van der Waals surface area (Å²) in [6.45, 7) is 0.961. The van der Waals surface area contributed by atoms with Crippen molar-refractivity contribution in [1.29, 1.82) is 5.26 Å². The Morgan fingerprint density at radius 3 is 2.52 bits per heavy atom. The summed E-state index contributed by atoms with van der Waals surface area (Å²) in [5.41, 5.74) is -0.0187. The monoisotopic (exact) mass is 444 g/mol. The summed E-state index contributed by atoms with van der Waals surface area (Å²) in [6.07, 6.45) is 6.70. The van der Waals surface area contributed by atoms with Gasteiger partial charge in [0.25, 0.3) is 5.69 Å². The summed E-state index contributed by atoms with van der Waals surface area (Å²) in [4.78, 5) is 28.2. The average Bonchev–Trinajstić information content (AvgIpc) is 3.16. The van der Waals surface area contributed by atoms with Crippen molar-refractivity contribution in [3.8, 4) is 6.07 Å². The zero-order valence-corrected chi connectivity index (χ0v) is 17.6. The van der Waals surface area contributed by atoms with Crippen LogP contribution in [0.3, 0.4) is 0 Å². The molecule has 3 rings (SSSR count). The fourth-order valence-corrected chi connectivity index (χ4v) is 3.76. The standard InChI is InChI=1S/C18H24N6O3.2ClH/c19-10-15-2-1-9-23(15)18(25)12-20-13-3-5-14(6-4-13)22-17-8-7-16(11-21-17)24(26)27;;/h7-8,11,13-15,20H,1-6,9,12H2,(H,21,22);2*1H/t13-,14-,15-;;/m0../s1. The molecule has 1 amide bonds. The third kappa shape index (κ3) is 6.70. The lowest BCUT2D eigenvalue weighted by atomic mass is 9.91. The molecule has 1 aliphatic carbocycles. The van der Waals surface area contributed by atoms with Crippen LogP contribution in [0.5, 0.6) is 0 Å². The summed E-state index contributed by atoms with van der Waals surface area (Å²) >= 11 is 0. The SMILES string of the molecule is Cl.Cl.N#C[C@@H]1CCCN1C(=O)CN[C@H]1CC[C@H](Nc2ccc([N+](=O)[O-])cn2)CC1. The van der Waals surface area contributed by atoms with Gasteiger partial charge in [0.15, 0.2) is 0 Å². The predicted molar refractivity (Wildman–Crippen MR) is 113 cm³/mol. The Balaban J connectivity index is 0.00000210. The summed E-state index contributed by atoms with van der Waals surface area (Å²) in [5, 5.41) is 26.4. The molecule has 2 fully saturated rings. The number of hydrogen-bond acceptors (Lipinski definition) is 7. The quantitative estimate of drug-likeness (QED) is 0.510. The summed E-state index contributed by atoms with van der Waals surface area (Å²) in [5.74, 6) is 0.651. The highest BCUT2D eigenvalue weighted by molar-refractivity contribution is 5.85. The minimum atomic E-state index is -0.462. The number of halogens is 2.